The lowest BCUT2D eigenvalue weighted by Crippen LogP contribution is -1.85. The maximum Gasteiger partial charge on any atom is 0.0991 e. The smallest absolute Gasteiger partial charge is 0.0991 e. The predicted octanol–water partition coefficient (Wildman–Crippen LogP) is 11.7. The maximum absolute atomic E-state index is 9.12. The molecule has 45 heavy (non-hydrogen) atoms. The molecule has 210 valence electrons. The lowest BCUT2D eigenvalue weighted by atomic mass is 9.97. The number of nitriles is 1. The molecule has 0 aliphatic rings. The van der Waals surface area contributed by atoms with E-state index in [-0.39, 0.29) is 0 Å². The number of aromatic nitrogens is 1. The molecule has 6 aromatic carbocycles. The molecule has 8 aromatic rings. The minimum absolute atomic E-state index is 0.674. The van der Waals surface area contributed by atoms with Crippen molar-refractivity contribution < 1.29 is 0 Å². The molecule has 0 spiro atoms. The molecule has 0 saturated carbocycles. The molecule has 0 fully saturated rings. The standard InChI is InChI=1S/C42H26N2S/c43-26-28-12-14-29(15-13-28)30-16-20-32(21-17-30)36-8-4-10-38-39-11-5-9-37(42(39)45-41(36)38)33-22-18-31(19-23-33)35-24-25-40(44-27-35)34-6-2-1-3-7-34/h1-25,27H. The monoisotopic (exact) mass is 590 g/mol. The van der Waals surface area contributed by atoms with E-state index in [0.717, 1.165) is 33.5 Å². The van der Waals surface area contributed by atoms with Crippen LogP contribution in [0.2, 0.25) is 0 Å². The van der Waals surface area contributed by atoms with Gasteiger partial charge in [0, 0.05) is 37.5 Å². The van der Waals surface area contributed by atoms with Gasteiger partial charge in [0.1, 0.15) is 0 Å². The van der Waals surface area contributed by atoms with E-state index in [2.05, 4.69) is 115 Å². The zero-order valence-electron chi connectivity index (χ0n) is 24.3. The summed E-state index contributed by atoms with van der Waals surface area (Å²) in [7, 11) is 0. The third kappa shape index (κ3) is 4.98. The van der Waals surface area contributed by atoms with E-state index in [1.807, 2.05) is 60.0 Å². The molecule has 0 amide bonds. The molecule has 2 nitrogen and oxygen atoms in total. The topological polar surface area (TPSA) is 36.7 Å². The van der Waals surface area contributed by atoms with Gasteiger partial charge in [-0.2, -0.15) is 5.26 Å². The molecule has 3 heteroatoms. The summed E-state index contributed by atoms with van der Waals surface area (Å²) in [6.07, 6.45) is 1.96. The average Bonchev–Trinajstić information content (AvgIpc) is 3.52. The van der Waals surface area contributed by atoms with E-state index in [1.54, 1.807) is 0 Å². The van der Waals surface area contributed by atoms with Crippen LogP contribution in [0.1, 0.15) is 5.56 Å². The fourth-order valence-electron chi connectivity index (χ4n) is 6.04. The lowest BCUT2D eigenvalue weighted by Gasteiger charge is -2.07. The van der Waals surface area contributed by atoms with Gasteiger partial charge >= 0.3 is 0 Å². The zero-order chi connectivity index (χ0) is 30.2. The van der Waals surface area contributed by atoms with Gasteiger partial charge in [-0.25, -0.2) is 0 Å². The van der Waals surface area contributed by atoms with Crippen molar-refractivity contribution in [1.29, 1.82) is 5.26 Å². The number of nitrogens with zero attached hydrogens (tertiary/aromatic N) is 2. The average molecular weight is 591 g/mol. The second-order valence-corrected chi connectivity index (χ2v) is 12.1. The Bertz CT molecular complexity index is 2330. The van der Waals surface area contributed by atoms with Crippen molar-refractivity contribution in [2.45, 2.75) is 0 Å². The van der Waals surface area contributed by atoms with Crippen LogP contribution in [0.25, 0.3) is 75.9 Å². The summed E-state index contributed by atoms with van der Waals surface area (Å²) in [5.74, 6) is 0. The van der Waals surface area contributed by atoms with Gasteiger partial charge in [-0.15, -0.1) is 11.3 Å². The third-order valence-corrected chi connectivity index (χ3v) is 9.72. The molecule has 8 rings (SSSR count). The van der Waals surface area contributed by atoms with Crippen LogP contribution in [0.4, 0.5) is 0 Å². The zero-order valence-corrected chi connectivity index (χ0v) is 25.1. The van der Waals surface area contributed by atoms with Crippen LogP contribution in [0.15, 0.2) is 158 Å². The van der Waals surface area contributed by atoms with E-state index in [0.29, 0.717) is 5.56 Å². The molecule has 0 unspecified atom stereocenters. The number of hydrogen-bond donors (Lipinski definition) is 0. The SMILES string of the molecule is N#Cc1ccc(-c2ccc(-c3cccc4c3sc3c(-c5ccc(-c6ccc(-c7ccccc7)nc6)cc5)cccc34)cc2)cc1. The molecule has 0 aliphatic heterocycles. The van der Waals surface area contributed by atoms with Gasteiger partial charge in [0.25, 0.3) is 0 Å². The second-order valence-electron chi connectivity index (χ2n) is 11.1. The highest BCUT2D eigenvalue weighted by Crippen LogP contribution is 2.44. The molecule has 0 saturated heterocycles. The number of benzene rings is 6. The summed E-state index contributed by atoms with van der Waals surface area (Å²) < 4.78 is 2.60. The summed E-state index contributed by atoms with van der Waals surface area (Å²) in [5, 5.41) is 11.7. The fourth-order valence-corrected chi connectivity index (χ4v) is 7.41. The molecule has 0 aliphatic carbocycles. The summed E-state index contributed by atoms with van der Waals surface area (Å²) in [6.45, 7) is 0. The minimum Gasteiger partial charge on any atom is -0.256 e. The molecule has 2 heterocycles. The summed E-state index contributed by atoms with van der Waals surface area (Å²) in [4.78, 5) is 4.72. The van der Waals surface area contributed by atoms with Gasteiger partial charge in [-0.05, 0) is 57.1 Å². The number of hydrogen-bond acceptors (Lipinski definition) is 3. The van der Waals surface area contributed by atoms with Crippen LogP contribution in [0, 0.1) is 11.3 Å². The number of pyridine rings is 1. The maximum atomic E-state index is 9.12. The highest BCUT2D eigenvalue weighted by Gasteiger charge is 2.14. The quantitative estimate of drug-likeness (QED) is 0.200. The Kier molecular flexibility index (Phi) is 6.76. The molecule has 2 aromatic heterocycles. The lowest BCUT2D eigenvalue weighted by molar-refractivity contribution is 1.32. The normalized spacial score (nSPS) is 11.1. The van der Waals surface area contributed by atoms with Crippen LogP contribution >= 0.6 is 11.3 Å². The summed E-state index contributed by atoms with van der Waals surface area (Å²) in [6, 6.07) is 55.3. The first kappa shape index (κ1) is 26.8. The van der Waals surface area contributed by atoms with Crippen molar-refractivity contribution in [3.8, 4) is 61.8 Å². The van der Waals surface area contributed by atoms with Gasteiger partial charge in [-0.1, -0.05) is 133 Å². The van der Waals surface area contributed by atoms with Crippen molar-refractivity contribution in [3.05, 3.63) is 163 Å². The first-order valence-corrected chi connectivity index (χ1v) is 15.7. The first-order chi connectivity index (χ1) is 22.2. The van der Waals surface area contributed by atoms with E-state index >= 15 is 0 Å². The Labute approximate surface area is 266 Å². The van der Waals surface area contributed by atoms with Crippen LogP contribution in [-0.2, 0) is 0 Å². The van der Waals surface area contributed by atoms with Crippen molar-refractivity contribution >= 4 is 31.5 Å². The second kappa shape index (κ2) is 11.4. The molecule has 0 bridgehead atoms. The van der Waals surface area contributed by atoms with Crippen LogP contribution in [-0.4, -0.2) is 4.98 Å². The third-order valence-electron chi connectivity index (χ3n) is 8.43. The Morgan fingerprint density at radius 2 is 0.911 bits per heavy atom. The van der Waals surface area contributed by atoms with Gasteiger partial charge in [0.05, 0.1) is 17.3 Å². The highest BCUT2D eigenvalue weighted by molar-refractivity contribution is 7.26. The minimum atomic E-state index is 0.674. The Morgan fingerprint density at radius 1 is 0.422 bits per heavy atom. The van der Waals surface area contributed by atoms with Crippen LogP contribution < -0.4 is 0 Å². The number of fused-ring (bicyclic) bond motifs is 3. The first-order valence-electron chi connectivity index (χ1n) is 14.9. The van der Waals surface area contributed by atoms with Crippen LogP contribution in [0.3, 0.4) is 0 Å². The molecule has 0 N–H and O–H groups in total. The van der Waals surface area contributed by atoms with Crippen molar-refractivity contribution in [3.63, 3.8) is 0 Å². The Hall–Kier alpha value is -5.82. The van der Waals surface area contributed by atoms with E-state index in [1.165, 1.54) is 42.4 Å². The fraction of sp³-hybridized carbons (Fsp3) is 0. The molecular formula is C42H26N2S. The van der Waals surface area contributed by atoms with Crippen LogP contribution in [0.5, 0.6) is 0 Å². The molecule has 0 radical (unpaired) electrons. The van der Waals surface area contributed by atoms with Gasteiger partial charge in [-0.3, -0.25) is 4.98 Å². The number of thiophene rings is 1. The predicted molar refractivity (Wildman–Crippen MR) is 189 cm³/mol. The Morgan fingerprint density at radius 3 is 1.42 bits per heavy atom. The van der Waals surface area contributed by atoms with Crippen molar-refractivity contribution in [2.75, 3.05) is 0 Å². The largest absolute Gasteiger partial charge is 0.256 e. The van der Waals surface area contributed by atoms with Crippen molar-refractivity contribution in [2.24, 2.45) is 0 Å². The van der Waals surface area contributed by atoms with Gasteiger partial charge < -0.3 is 0 Å². The van der Waals surface area contributed by atoms with Crippen molar-refractivity contribution in [1.82, 2.24) is 4.98 Å². The van der Waals surface area contributed by atoms with Gasteiger partial charge in [0.2, 0.25) is 0 Å². The van der Waals surface area contributed by atoms with Gasteiger partial charge in [0.15, 0.2) is 0 Å². The Balaban J connectivity index is 1.12. The highest BCUT2D eigenvalue weighted by atomic mass is 32.1. The summed E-state index contributed by atoms with van der Waals surface area (Å²) in [5.41, 5.74) is 12.2. The number of rotatable bonds is 5. The molecular weight excluding hydrogens is 565 g/mol. The van der Waals surface area contributed by atoms with E-state index < -0.39 is 0 Å². The van der Waals surface area contributed by atoms with E-state index in [4.69, 9.17) is 10.2 Å². The van der Waals surface area contributed by atoms with E-state index in [9.17, 15) is 0 Å². The molecule has 0 atom stereocenters. The summed E-state index contributed by atoms with van der Waals surface area (Å²) >= 11 is 1.87.